The van der Waals surface area contributed by atoms with E-state index in [2.05, 4.69) is 69.2 Å². The lowest BCUT2D eigenvalue weighted by molar-refractivity contribution is 0.603. The number of rotatable bonds is 5. The smallest absolute Gasteiger partial charge is 0.0888 e. The van der Waals surface area contributed by atoms with Gasteiger partial charge in [0, 0.05) is 9.35 Å². The second kappa shape index (κ2) is 7.41. The molecular formula is C15H16Br2ClNS. The number of hydrogen-bond acceptors (Lipinski definition) is 2. The Morgan fingerprint density at radius 2 is 2.05 bits per heavy atom. The van der Waals surface area contributed by atoms with Crippen molar-refractivity contribution < 1.29 is 0 Å². The second-order valence-corrected chi connectivity index (χ2v) is 8.38. The molecule has 1 unspecified atom stereocenters. The van der Waals surface area contributed by atoms with Crippen LogP contribution in [0.4, 0.5) is 0 Å². The van der Waals surface area contributed by atoms with Crippen molar-refractivity contribution in [2.24, 2.45) is 0 Å². The number of nitrogens with one attached hydrogen (secondary N) is 1. The normalized spacial score (nSPS) is 12.7. The Kier molecular flexibility index (Phi) is 6.11. The van der Waals surface area contributed by atoms with Gasteiger partial charge in [0.1, 0.15) is 0 Å². The molecule has 0 saturated heterocycles. The molecule has 0 fully saturated rings. The van der Waals surface area contributed by atoms with Gasteiger partial charge in [0.05, 0.1) is 14.9 Å². The van der Waals surface area contributed by atoms with Gasteiger partial charge in [-0.3, -0.25) is 0 Å². The molecular weight excluding hydrogens is 422 g/mol. The van der Waals surface area contributed by atoms with Crippen molar-refractivity contribution in [2.45, 2.75) is 26.3 Å². The molecule has 0 amide bonds. The predicted molar refractivity (Wildman–Crippen MR) is 96.0 cm³/mol. The van der Waals surface area contributed by atoms with Gasteiger partial charge in [-0.2, -0.15) is 0 Å². The largest absolute Gasteiger partial charge is 0.306 e. The second-order valence-electron chi connectivity index (χ2n) is 4.66. The average molecular weight is 438 g/mol. The van der Waals surface area contributed by atoms with Crippen LogP contribution in [0.5, 0.6) is 0 Å². The minimum Gasteiger partial charge on any atom is -0.306 e. The Labute approximate surface area is 146 Å². The van der Waals surface area contributed by atoms with Gasteiger partial charge in [0.25, 0.3) is 0 Å². The highest BCUT2D eigenvalue weighted by Gasteiger charge is 2.19. The maximum absolute atomic E-state index is 6.19. The average Bonchev–Trinajstić information content (AvgIpc) is 2.74. The van der Waals surface area contributed by atoms with Crippen LogP contribution in [0.1, 0.15) is 35.4 Å². The molecule has 108 valence electrons. The van der Waals surface area contributed by atoms with Crippen LogP contribution in [-0.2, 0) is 0 Å². The van der Waals surface area contributed by atoms with E-state index in [0.29, 0.717) is 0 Å². The third-order valence-corrected chi connectivity index (χ3v) is 6.13. The van der Waals surface area contributed by atoms with Crippen LogP contribution < -0.4 is 5.32 Å². The first-order chi connectivity index (χ1) is 9.52. The molecule has 0 aliphatic carbocycles. The van der Waals surface area contributed by atoms with Crippen molar-refractivity contribution >= 4 is 54.8 Å². The first-order valence-corrected chi connectivity index (χ1v) is 9.25. The highest BCUT2D eigenvalue weighted by Crippen LogP contribution is 2.38. The zero-order valence-electron chi connectivity index (χ0n) is 11.3. The Morgan fingerprint density at radius 3 is 2.65 bits per heavy atom. The summed E-state index contributed by atoms with van der Waals surface area (Å²) >= 11 is 15.0. The van der Waals surface area contributed by atoms with E-state index in [1.165, 1.54) is 16.0 Å². The van der Waals surface area contributed by atoms with Crippen molar-refractivity contribution in [3.63, 3.8) is 0 Å². The highest BCUT2D eigenvalue weighted by molar-refractivity contribution is 9.11. The van der Waals surface area contributed by atoms with Gasteiger partial charge in [0.2, 0.25) is 0 Å². The van der Waals surface area contributed by atoms with Gasteiger partial charge in [-0.1, -0.05) is 40.5 Å². The van der Waals surface area contributed by atoms with E-state index < -0.39 is 0 Å². The zero-order valence-corrected chi connectivity index (χ0v) is 16.1. The van der Waals surface area contributed by atoms with E-state index in [4.69, 9.17) is 11.6 Å². The van der Waals surface area contributed by atoms with Crippen LogP contribution in [0.2, 0.25) is 5.02 Å². The first-order valence-electron chi connectivity index (χ1n) is 6.47. The van der Waals surface area contributed by atoms with E-state index in [1.807, 2.05) is 6.07 Å². The molecule has 0 saturated carbocycles. The van der Waals surface area contributed by atoms with Crippen LogP contribution in [0.25, 0.3) is 0 Å². The molecule has 1 atom stereocenters. The van der Waals surface area contributed by atoms with Crippen LogP contribution in [0.3, 0.4) is 0 Å². The molecule has 1 heterocycles. The quantitative estimate of drug-likeness (QED) is 0.577. The molecule has 0 aliphatic rings. The number of hydrogen-bond donors (Lipinski definition) is 1. The summed E-state index contributed by atoms with van der Waals surface area (Å²) in [7, 11) is 0. The van der Waals surface area contributed by atoms with E-state index in [-0.39, 0.29) is 6.04 Å². The van der Waals surface area contributed by atoms with E-state index in [9.17, 15) is 0 Å². The Hall–Kier alpha value is 0.130. The summed E-state index contributed by atoms with van der Waals surface area (Å²) in [5.41, 5.74) is 2.57. The van der Waals surface area contributed by atoms with Gasteiger partial charge in [0.15, 0.2) is 0 Å². The Morgan fingerprint density at radius 1 is 1.30 bits per heavy atom. The zero-order chi connectivity index (χ0) is 14.7. The van der Waals surface area contributed by atoms with Gasteiger partial charge < -0.3 is 5.32 Å². The summed E-state index contributed by atoms with van der Waals surface area (Å²) < 4.78 is 2.09. The summed E-state index contributed by atoms with van der Waals surface area (Å²) in [6.07, 6.45) is 1.10. The van der Waals surface area contributed by atoms with E-state index in [1.54, 1.807) is 11.3 Å². The third kappa shape index (κ3) is 3.86. The molecule has 0 aliphatic heterocycles. The Bertz CT molecular complexity index is 578. The minimum atomic E-state index is 0.182. The lowest BCUT2D eigenvalue weighted by Crippen LogP contribution is -2.23. The van der Waals surface area contributed by atoms with Crippen LogP contribution in [0, 0.1) is 6.92 Å². The monoisotopic (exact) mass is 435 g/mol. The maximum atomic E-state index is 6.19. The fraction of sp³-hybridized carbons (Fsp3) is 0.333. The highest BCUT2D eigenvalue weighted by atomic mass is 79.9. The summed E-state index contributed by atoms with van der Waals surface area (Å²) in [6.45, 7) is 5.30. The molecule has 5 heteroatoms. The molecule has 0 bridgehead atoms. The molecule has 1 nitrogen and oxygen atoms in total. The SMILES string of the molecule is CCCNC(c1cc(Cl)c(Br)s1)c1cc(Br)ccc1C. The van der Waals surface area contributed by atoms with Gasteiger partial charge in [-0.05, 0) is 65.1 Å². The molecule has 2 rings (SSSR count). The molecule has 2 aromatic rings. The first kappa shape index (κ1) is 16.5. The van der Waals surface area contributed by atoms with Crippen LogP contribution in [-0.4, -0.2) is 6.54 Å². The number of benzene rings is 1. The summed E-state index contributed by atoms with van der Waals surface area (Å²) in [5.74, 6) is 0. The van der Waals surface area contributed by atoms with Crippen LogP contribution >= 0.6 is 54.8 Å². The summed E-state index contributed by atoms with van der Waals surface area (Å²) in [4.78, 5) is 1.23. The summed E-state index contributed by atoms with van der Waals surface area (Å²) in [6, 6.07) is 8.63. The molecule has 1 N–H and O–H groups in total. The Balaban J connectivity index is 2.43. The van der Waals surface area contributed by atoms with Crippen molar-refractivity contribution in [1.82, 2.24) is 5.32 Å². The number of halogens is 3. The predicted octanol–water partition coefficient (Wildman–Crippen LogP) is 6.32. The van der Waals surface area contributed by atoms with E-state index in [0.717, 1.165) is 26.2 Å². The van der Waals surface area contributed by atoms with Gasteiger partial charge in [-0.15, -0.1) is 11.3 Å². The molecule has 0 spiro atoms. The fourth-order valence-electron chi connectivity index (χ4n) is 2.08. The lowest BCUT2D eigenvalue weighted by atomic mass is 10.00. The maximum Gasteiger partial charge on any atom is 0.0888 e. The lowest BCUT2D eigenvalue weighted by Gasteiger charge is -2.20. The molecule has 20 heavy (non-hydrogen) atoms. The van der Waals surface area contributed by atoms with Crippen LogP contribution in [0.15, 0.2) is 32.5 Å². The van der Waals surface area contributed by atoms with Crippen molar-refractivity contribution in [2.75, 3.05) is 6.54 Å². The topological polar surface area (TPSA) is 12.0 Å². The summed E-state index contributed by atoms with van der Waals surface area (Å²) in [5, 5.41) is 4.40. The molecule has 0 radical (unpaired) electrons. The molecule has 1 aromatic carbocycles. The van der Waals surface area contributed by atoms with Gasteiger partial charge in [-0.25, -0.2) is 0 Å². The standard InChI is InChI=1S/C15H16Br2ClNS/c1-3-6-19-14(13-8-12(18)15(17)20-13)11-7-10(16)5-4-9(11)2/h4-5,7-8,14,19H,3,6H2,1-2H3. The van der Waals surface area contributed by atoms with Gasteiger partial charge >= 0.3 is 0 Å². The van der Waals surface area contributed by atoms with E-state index >= 15 is 0 Å². The molecule has 1 aromatic heterocycles. The van der Waals surface area contributed by atoms with Crippen molar-refractivity contribution in [3.8, 4) is 0 Å². The van der Waals surface area contributed by atoms with Crippen molar-refractivity contribution in [1.29, 1.82) is 0 Å². The van der Waals surface area contributed by atoms with Crippen molar-refractivity contribution in [3.05, 3.63) is 53.6 Å². The fourth-order valence-corrected chi connectivity index (χ4v) is 4.30. The third-order valence-electron chi connectivity index (χ3n) is 3.10. The minimum absolute atomic E-state index is 0.182. The number of thiophene rings is 1. The number of aryl methyl sites for hydroxylation is 1.